The van der Waals surface area contributed by atoms with Crippen molar-refractivity contribution >= 4 is 23.1 Å². The Kier molecular flexibility index (Phi) is 5.18. The van der Waals surface area contributed by atoms with E-state index in [9.17, 15) is 8.78 Å². The lowest BCUT2D eigenvalue weighted by Gasteiger charge is -2.21. The molecule has 0 bridgehead atoms. The van der Waals surface area contributed by atoms with E-state index >= 15 is 0 Å². The van der Waals surface area contributed by atoms with Gasteiger partial charge < -0.3 is 5.73 Å². The van der Waals surface area contributed by atoms with Crippen molar-refractivity contribution < 1.29 is 8.78 Å². The van der Waals surface area contributed by atoms with E-state index in [4.69, 9.17) is 5.73 Å². The number of thiophene rings is 1. The van der Waals surface area contributed by atoms with E-state index in [0.29, 0.717) is 4.90 Å². The van der Waals surface area contributed by atoms with E-state index in [1.165, 1.54) is 22.7 Å². The fourth-order valence-electron chi connectivity index (χ4n) is 1.88. The maximum absolute atomic E-state index is 13.8. The van der Waals surface area contributed by atoms with E-state index in [-0.39, 0.29) is 11.3 Å². The molecule has 108 valence electrons. The Morgan fingerprint density at radius 3 is 2.60 bits per heavy atom. The third-order valence-electron chi connectivity index (χ3n) is 3.05. The van der Waals surface area contributed by atoms with Crippen molar-refractivity contribution in [2.75, 3.05) is 0 Å². The molecule has 0 fully saturated rings. The molecular formula is C15H17F2NS2. The minimum atomic E-state index is -0.430. The van der Waals surface area contributed by atoms with Gasteiger partial charge in [0.25, 0.3) is 0 Å². The van der Waals surface area contributed by atoms with Gasteiger partial charge in [0.15, 0.2) is 0 Å². The largest absolute Gasteiger partial charge is 0.326 e. The Bertz CT molecular complexity index is 583. The first-order chi connectivity index (χ1) is 9.51. The van der Waals surface area contributed by atoms with E-state index in [1.54, 1.807) is 11.3 Å². The van der Waals surface area contributed by atoms with Gasteiger partial charge in [-0.3, -0.25) is 0 Å². The summed E-state index contributed by atoms with van der Waals surface area (Å²) >= 11 is 2.95. The zero-order valence-electron chi connectivity index (χ0n) is 11.4. The maximum Gasteiger partial charge on any atom is 0.136 e. The lowest BCUT2D eigenvalue weighted by Crippen LogP contribution is -2.25. The highest BCUT2D eigenvalue weighted by Crippen LogP contribution is 2.41. The van der Waals surface area contributed by atoms with Crippen LogP contribution in [0.15, 0.2) is 35.2 Å². The predicted octanol–water partition coefficient (Wildman–Crippen LogP) is 4.91. The summed E-state index contributed by atoms with van der Waals surface area (Å²) in [7, 11) is 0. The molecular weight excluding hydrogens is 296 g/mol. The van der Waals surface area contributed by atoms with Gasteiger partial charge >= 0.3 is 0 Å². The summed E-state index contributed by atoms with van der Waals surface area (Å²) in [5.41, 5.74) is 6.16. The van der Waals surface area contributed by atoms with Crippen LogP contribution in [0.2, 0.25) is 0 Å². The van der Waals surface area contributed by atoms with Gasteiger partial charge in [-0.1, -0.05) is 6.92 Å². The Hall–Kier alpha value is -0.910. The third-order valence-corrected chi connectivity index (χ3v) is 5.71. The number of benzene rings is 1. The molecule has 0 saturated heterocycles. The average molecular weight is 313 g/mol. The number of nitrogens with two attached hydrogens (primary N) is 1. The highest BCUT2D eigenvalue weighted by Gasteiger charge is 2.23. The predicted molar refractivity (Wildman–Crippen MR) is 82.3 cm³/mol. The van der Waals surface area contributed by atoms with Crippen LogP contribution in [0.4, 0.5) is 8.78 Å². The molecule has 2 aromatic rings. The van der Waals surface area contributed by atoms with Crippen LogP contribution in [0, 0.1) is 18.6 Å². The topological polar surface area (TPSA) is 26.0 Å². The fourth-order valence-corrected chi connectivity index (χ4v) is 4.30. The van der Waals surface area contributed by atoms with Gasteiger partial charge in [-0.15, -0.1) is 23.1 Å². The molecule has 0 saturated carbocycles. The Morgan fingerprint density at radius 1 is 1.25 bits per heavy atom. The second-order valence-corrected chi connectivity index (χ2v) is 7.14. The molecule has 1 aromatic heterocycles. The molecule has 2 atom stereocenters. The highest BCUT2D eigenvalue weighted by atomic mass is 32.2. The summed E-state index contributed by atoms with van der Waals surface area (Å²) in [6.07, 6.45) is 0.783. The summed E-state index contributed by atoms with van der Waals surface area (Å²) in [5, 5.41) is -0.0602. The zero-order valence-corrected chi connectivity index (χ0v) is 13.0. The summed E-state index contributed by atoms with van der Waals surface area (Å²) in [5.74, 6) is -0.835. The minimum absolute atomic E-state index is 0.0602. The SMILES string of the molecule is CCC(N)C(Sc1cc(F)ccc1F)c1ccc(C)s1. The van der Waals surface area contributed by atoms with Crippen LogP contribution < -0.4 is 5.73 Å². The summed E-state index contributed by atoms with van der Waals surface area (Å²) < 4.78 is 27.1. The summed E-state index contributed by atoms with van der Waals surface area (Å²) in [4.78, 5) is 2.60. The molecule has 0 aliphatic rings. The van der Waals surface area contributed by atoms with Crippen molar-refractivity contribution in [2.45, 2.75) is 36.5 Å². The van der Waals surface area contributed by atoms with Crippen LogP contribution in [0.3, 0.4) is 0 Å². The van der Waals surface area contributed by atoms with Gasteiger partial charge in [0, 0.05) is 20.7 Å². The molecule has 5 heteroatoms. The zero-order chi connectivity index (χ0) is 14.7. The van der Waals surface area contributed by atoms with Gasteiger partial charge in [0.1, 0.15) is 11.6 Å². The van der Waals surface area contributed by atoms with Crippen molar-refractivity contribution in [1.82, 2.24) is 0 Å². The van der Waals surface area contributed by atoms with Crippen molar-refractivity contribution in [2.24, 2.45) is 5.73 Å². The highest BCUT2D eigenvalue weighted by molar-refractivity contribution is 7.99. The normalized spacial score (nSPS) is 14.2. The first-order valence-corrected chi connectivity index (χ1v) is 8.14. The Balaban J connectivity index is 2.30. The van der Waals surface area contributed by atoms with Crippen molar-refractivity contribution in [3.63, 3.8) is 0 Å². The molecule has 2 unspecified atom stereocenters. The molecule has 1 nitrogen and oxygen atoms in total. The summed E-state index contributed by atoms with van der Waals surface area (Å²) in [6, 6.07) is 7.47. The molecule has 2 N–H and O–H groups in total. The number of hydrogen-bond acceptors (Lipinski definition) is 3. The van der Waals surface area contributed by atoms with Gasteiger partial charge in [-0.05, 0) is 43.7 Å². The average Bonchev–Trinajstić information content (AvgIpc) is 2.85. The second-order valence-electron chi connectivity index (χ2n) is 4.63. The van der Waals surface area contributed by atoms with Crippen molar-refractivity contribution in [1.29, 1.82) is 0 Å². The number of thioether (sulfide) groups is 1. The van der Waals surface area contributed by atoms with Crippen LogP contribution >= 0.6 is 23.1 Å². The van der Waals surface area contributed by atoms with Crippen LogP contribution in [0.1, 0.15) is 28.3 Å². The van der Waals surface area contributed by atoms with Crippen LogP contribution in [-0.4, -0.2) is 6.04 Å². The number of hydrogen-bond donors (Lipinski definition) is 1. The molecule has 1 heterocycles. The monoisotopic (exact) mass is 313 g/mol. The standard InChI is InChI=1S/C15H17F2NS2/c1-3-12(18)15(13-7-4-9(2)19-13)20-14-8-10(16)5-6-11(14)17/h4-8,12,15H,3,18H2,1-2H3. The van der Waals surface area contributed by atoms with Gasteiger partial charge in [0.05, 0.1) is 5.25 Å². The Labute approximate surface area is 126 Å². The fraction of sp³-hybridized carbons (Fsp3) is 0.333. The van der Waals surface area contributed by atoms with Crippen molar-refractivity contribution in [3.8, 4) is 0 Å². The summed E-state index contributed by atoms with van der Waals surface area (Å²) in [6.45, 7) is 4.02. The molecule has 0 amide bonds. The second kappa shape index (κ2) is 6.70. The Morgan fingerprint density at radius 2 is 2.00 bits per heavy atom. The third kappa shape index (κ3) is 3.59. The molecule has 0 aliphatic heterocycles. The molecule has 2 rings (SSSR count). The van der Waals surface area contributed by atoms with Gasteiger partial charge in [0.2, 0.25) is 0 Å². The molecule has 1 aromatic carbocycles. The smallest absolute Gasteiger partial charge is 0.136 e. The van der Waals surface area contributed by atoms with E-state index in [2.05, 4.69) is 0 Å². The number of halogens is 2. The van der Waals surface area contributed by atoms with Crippen LogP contribution in [0.25, 0.3) is 0 Å². The molecule has 20 heavy (non-hydrogen) atoms. The number of rotatable bonds is 5. The lowest BCUT2D eigenvalue weighted by atomic mass is 10.1. The quantitative estimate of drug-likeness (QED) is 0.794. The first kappa shape index (κ1) is 15.5. The van der Waals surface area contributed by atoms with Gasteiger partial charge in [-0.25, -0.2) is 8.78 Å². The van der Waals surface area contributed by atoms with Crippen LogP contribution in [0.5, 0.6) is 0 Å². The lowest BCUT2D eigenvalue weighted by molar-refractivity contribution is 0.575. The molecule has 0 aliphatic carbocycles. The van der Waals surface area contributed by atoms with Crippen molar-refractivity contribution in [3.05, 3.63) is 51.7 Å². The molecule has 0 radical (unpaired) electrons. The van der Waals surface area contributed by atoms with Gasteiger partial charge in [-0.2, -0.15) is 0 Å². The van der Waals surface area contributed by atoms with E-state index < -0.39 is 11.6 Å². The van der Waals surface area contributed by atoms with E-state index in [0.717, 1.165) is 23.4 Å². The first-order valence-electron chi connectivity index (χ1n) is 6.45. The van der Waals surface area contributed by atoms with E-state index in [1.807, 2.05) is 26.0 Å². The minimum Gasteiger partial charge on any atom is -0.326 e. The number of aryl methyl sites for hydroxylation is 1. The van der Waals surface area contributed by atoms with Crippen LogP contribution in [-0.2, 0) is 0 Å². The molecule has 0 spiro atoms. The maximum atomic E-state index is 13.8.